The predicted octanol–water partition coefficient (Wildman–Crippen LogP) is 7.24. The molecule has 4 nitrogen and oxygen atoms in total. The van der Waals surface area contributed by atoms with Crippen molar-refractivity contribution in [2.75, 3.05) is 5.32 Å². The van der Waals surface area contributed by atoms with E-state index in [1.807, 2.05) is 48.5 Å². The lowest BCUT2D eigenvalue weighted by atomic mass is 9.72. The van der Waals surface area contributed by atoms with Crippen LogP contribution in [0, 0.1) is 5.92 Å². The van der Waals surface area contributed by atoms with E-state index in [1.165, 1.54) is 12.1 Å². The third kappa shape index (κ3) is 4.53. The Morgan fingerprint density at radius 1 is 0.941 bits per heavy atom. The largest absolute Gasteiger partial charge is 0.573 e. The third-order valence-electron chi connectivity index (χ3n) is 6.24. The number of benzene rings is 3. The molecule has 1 aliphatic carbocycles. The lowest BCUT2D eigenvalue weighted by Crippen LogP contribution is -2.38. The number of para-hydroxylation sites is 2. The van der Waals surface area contributed by atoms with E-state index in [2.05, 4.69) is 10.1 Å². The molecule has 5 rings (SSSR count). The van der Waals surface area contributed by atoms with Crippen LogP contribution in [0.4, 0.5) is 24.5 Å². The highest BCUT2D eigenvalue weighted by Gasteiger charge is 2.42. The summed E-state index contributed by atoms with van der Waals surface area (Å²) in [4.78, 5) is 18.4. The summed E-state index contributed by atoms with van der Waals surface area (Å²) < 4.78 is 41.8. The van der Waals surface area contributed by atoms with Crippen LogP contribution in [0.25, 0.3) is 0 Å². The molecule has 3 aromatic rings. The minimum atomic E-state index is -4.77. The van der Waals surface area contributed by atoms with Crippen LogP contribution in [0.5, 0.6) is 5.75 Å². The zero-order valence-corrected chi connectivity index (χ0v) is 18.6. The van der Waals surface area contributed by atoms with Crippen molar-refractivity contribution in [2.24, 2.45) is 10.9 Å². The molecular formula is C26H20ClF3N2O2. The maximum absolute atomic E-state index is 13.5. The second-order valence-corrected chi connectivity index (χ2v) is 8.84. The minimum Gasteiger partial charge on any atom is -0.406 e. The number of aliphatic imine (C=N–C) groups is 1. The van der Waals surface area contributed by atoms with Gasteiger partial charge >= 0.3 is 6.36 Å². The fraction of sp³-hybridized carbons (Fsp3) is 0.231. The van der Waals surface area contributed by atoms with Crippen molar-refractivity contribution in [1.82, 2.24) is 0 Å². The molecule has 3 atom stereocenters. The van der Waals surface area contributed by atoms with E-state index in [-0.39, 0.29) is 17.5 Å². The van der Waals surface area contributed by atoms with Crippen LogP contribution in [0.1, 0.15) is 35.9 Å². The van der Waals surface area contributed by atoms with Gasteiger partial charge in [-0.3, -0.25) is 9.79 Å². The summed E-state index contributed by atoms with van der Waals surface area (Å²) in [7, 11) is 0. The van der Waals surface area contributed by atoms with Gasteiger partial charge in [0.1, 0.15) is 11.5 Å². The monoisotopic (exact) mass is 484 g/mol. The molecule has 1 fully saturated rings. The van der Waals surface area contributed by atoms with Gasteiger partial charge in [0, 0.05) is 17.2 Å². The van der Waals surface area contributed by atoms with Crippen molar-refractivity contribution in [2.45, 2.75) is 31.2 Å². The van der Waals surface area contributed by atoms with Crippen LogP contribution in [-0.2, 0) is 4.79 Å². The molecule has 174 valence electrons. The second kappa shape index (κ2) is 8.80. The SMILES string of the molecule is O=C1CC(c2ccccc2Cl)CC2=Nc3ccccc3NC(c3ccc(OC(F)(F)F)cc3)C12. The van der Waals surface area contributed by atoms with E-state index < -0.39 is 18.3 Å². The third-order valence-corrected chi connectivity index (χ3v) is 6.58. The molecule has 1 N–H and O–H groups in total. The number of hydrogen-bond acceptors (Lipinski definition) is 4. The zero-order chi connectivity index (χ0) is 23.9. The average molecular weight is 485 g/mol. The van der Waals surface area contributed by atoms with Gasteiger partial charge in [-0.05, 0) is 53.8 Å². The topological polar surface area (TPSA) is 50.7 Å². The van der Waals surface area contributed by atoms with Gasteiger partial charge in [0.05, 0.1) is 23.3 Å². The Labute approximate surface area is 199 Å². The van der Waals surface area contributed by atoms with E-state index in [1.54, 1.807) is 12.1 Å². The van der Waals surface area contributed by atoms with Gasteiger partial charge in [-0.25, -0.2) is 0 Å². The molecule has 1 heterocycles. The normalized spacial score (nSPS) is 22.1. The van der Waals surface area contributed by atoms with Gasteiger partial charge in [0.2, 0.25) is 0 Å². The summed E-state index contributed by atoms with van der Waals surface area (Å²) in [6.07, 6.45) is -3.91. The molecule has 0 radical (unpaired) electrons. The van der Waals surface area contributed by atoms with Crippen LogP contribution < -0.4 is 10.1 Å². The number of nitrogens with zero attached hydrogens (tertiary/aromatic N) is 1. The maximum atomic E-state index is 13.5. The number of rotatable bonds is 3. The molecule has 3 aromatic carbocycles. The van der Waals surface area contributed by atoms with Gasteiger partial charge < -0.3 is 10.1 Å². The number of ketones is 1. The Morgan fingerprint density at radius 2 is 1.65 bits per heavy atom. The standard InChI is InChI=1S/C26H20ClF3N2O2/c27-19-6-2-1-5-18(19)16-13-22-24(23(33)14-16)25(32-21-8-4-3-7-20(21)31-22)15-9-11-17(12-10-15)34-26(28,29)30/h1-12,16,24-25,32H,13-14H2. The quantitative estimate of drug-likeness (QED) is 0.426. The number of halogens is 4. The molecule has 0 spiro atoms. The minimum absolute atomic E-state index is 0.0100. The van der Waals surface area contributed by atoms with Gasteiger partial charge in [0.25, 0.3) is 0 Å². The highest BCUT2D eigenvalue weighted by Crippen LogP contribution is 2.45. The number of ether oxygens (including phenoxy) is 1. The van der Waals surface area contributed by atoms with Crippen LogP contribution in [0.15, 0.2) is 77.8 Å². The Morgan fingerprint density at radius 3 is 2.38 bits per heavy atom. The fourth-order valence-electron chi connectivity index (χ4n) is 4.78. The van der Waals surface area contributed by atoms with Crippen molar-refractivity contribution in [3.05, 3.63) is 88.9 Å². The summed E-state index contributed by atoms with van der Waals surface area (Å²) in [6, 6.07) is 20.1. The number of hydrogen-bond donors (Lipinski definition) is 1. The van der Waals surface area contributed by atoms with Gasteiger partial charge in [-0.2, -0.15) is 0 Å². The lowest BCUT2D eigenvalue weighted by molar-refractivity contribution is -0.274. The van der Waals surface area contributed by atoms with Crippen molar-refractivity contribution >= 4 is 34.5 Å². The van der Waals surface area contributed by atoms with Crippen LogP contribution in [0.3, 0.4) is 0 Å². The first-order valence-corrected chi connectivity index (χ1v) is 11.2. The number of carbonyl (C=O) groups excluding carboxylic acids is 1. The highest BCUT2D eigenvalue weighted by molar-refractivity contribution is 6.31. The first kappa shape index (κ1) is 22.5. The number of nitrogens with one attached hydrogen (secondary N) is 1. The smallest absolute Gasteiger partial charge is 0.406 e. The molecule has 0 bridgehead atoms. The average Bonchev–Trinajstić information content (AvgIpc) is 2.96. The van der Waals surface area contributed by atoms with E-state index in [9.17, 15) is 18.0 Å². The Bertz CT molecular complexity index is 1260. The number of Topliss-reactive ketones (excluding diaryl/α,β-unsaturated/α-hetero) is 1. The summed E-state index contributed by atoms with van der Waals surface area (Å²) in [5.41, 5.74) is 3.80. The van der Waals surface area contributed by atoms with E-state index in [0.717, 1.165) is 22.6 Å². The van der Waals surface area contributed by atoms with Gasteiger partial charge in [-0.15, -0.1) is 13.2 Å². The van der Waals surface area contributed by atoms with E-state index in [4.69, 9.17) is 16.6 Å². The Kier molecular flexibility index (Phi) is 5.81. The van der Waals surface area contributed by atoms with Crippen molar-refractivity contribution in [1.29, 1.82) is 0 Å². The molecule has 34 heavy (non-hydrogen) atoms. The number of alkyl halides is 3. The maximum Gasteiger partial charge on any atom is 0.573 e. The molecule has 0 amide bonds. The molecule has 0 saturated heterocycles. The molecule has 3 unspecified atom stereocenters. The second-order valence-electron chi connectivity index (χ2n) is 8.43. The summed E-state index contributed by atoms with van der Waals surface area (Å²) >= 11 is 6.42. The first-order chi connectivity index (χ1) is 16.3. The molecule has 2 aliphatic rings. The van der Waals surface area contributed by atoms with E-state index >= 15 is 0 Å². The number of anilines is 1. The summed E-state index contributed by atoms with van der Waals surface area (Å²) in [5.74, 6) is -0.950. The van der Waals surface area contributed by atoms with Gasteiger partial charge in [0.15, 0.2) is 0 Å². The van der Waals surface area contributed by atoms with Crippen LogP contribution in [-0.4, -0.2) is 17.9 Å². The van der Waals surface area contributed by atoms with Gasteiger partial charge in [-0.1, -0.05) is 54.1 Å². The Hall–Kier alpha value is -3.32. The number of carbonyl (C=O) groups is 1. The van der Waals surface area contributed by atoms with Crippen molar-refractivity contribution in [3.8, 4) is 5.75 Å². The Balaban J connectivity index is 1.53. The molecule has 1 aliphatic heterocycles. The fourth-order valence-corrected chi connectivity index (χ4v) is 5.07. The molecular weight excluding hydrogens is 465 g/mol. The molecule has 8 heteroatoms. The van der Waals surface area contributed by atoms with Crippen LogP contribution in [0.2, 0.25) is 5.02 Å². The highest BCUT2D eigenvalue weighted by atomic mass is 35.5. The number of fused-ring (bicyclic) bond motifs is 2. The summed E-state index contributed by atoms with van der Waals surface area (Å²) in [5, 5.41) is 4.03. The van der Waals surface area contributed by atoms with E-state index in [0.29, 0.717) is 23.4 Å². The first-order valence-electron chi connectivity index (χ1n) is 10.8. The van der Waals surface area contributed by atoms with Crippen molar-refractivity contribution < 1.29 is 22.7 Å². The predicted molar refractivity (Wildman–Crippen MR) is 125 cm³/mol. The zero-order valence-electron chi connectivity index (χ0n) is 17.9. The lowest BCUT2D eigenvalue weighted by Gasteiger charge is -2.34. The van der Waals surface area contributed by atoms with Crippen molar-refractivity contribution in [3.63, 3.8) is 0 Å². The molecule has 0 aromatic heterocycles. The van der Waals surface area contributed by atoms with Crippen LogP contribution >= 0.6 is 11.6 Å². The summed E-state index contributed by atoms with van der Waals surface area (Å²) in [6.45, 7) is 0. The molecule has 1 saturated carbocycles.